The molecule has 3 rings (SSSR count). The molecule has 7 nitrogen and oxygen atoms in total. The number of ether oxygens (including phenoxy) is 2. The van der Waals surface area contributed by atoms with Gasteiger partial charge in [0, 0.05) is 18.8 Å². The first-order chi connectivity index (χ1) is 14.1. The molecule has 1 saturated heterocycles. The maximum absolute atomic E-state index is 11.4. The summed E-state index contributed by atoms with van der Waals surface area (Å²) in [6, 6.07) is 10.0. The molecular formula is C22H30N4O3. The number of aromatic nitrogens is 1. The number of primary amides is 1. The van der Waals surface area contributed by atoms with E-state index in [4.69, 9.17) is 15.2 Å². The zero-order valence-electron chi connectivity index (χ0n) is 17.2. The summed E-state index contributed by atoms with van der Waals surface area (Å²) in [6.45, 7) is 5.38. The summed E-state index contributed by atoms with van der Waals surface area (Å²) in [5.74, 6) is 1.87. The number of pyridine rings is 1. The van der Waals surface area contributed by atoms with E-state index >= 15 is 0 Å². The minimum atomic E-state index is -0.467. The molecule has 7 heteroatoms. The lowest BCUT2D eigenvalue weighted by atomic mass is 10.0. The van der Waals surface area contributed by atoms with Crippen LogP contribution >= 0.6 is 0 Å². The number of carbonyl (C=O) groups is 1. The Labute approximate surface area is 172 Å². The molecule has 2 heterocycles. The summed E-state index contributed by atoms with van der Waals surface area (Å²) in [7, 11) is 1.65. The van der Waals surface area contributed by atoms with Crippen LogP contribution in [0, 0.1) is 0 Å². The number of hydrogen-bond acceptors (Lipinski definition) is 6. The molecule has 1 amide bonds. The molecule has 0 bridgehead atoms. The second kappa shape index (κ2) is 10.1. The van der Waals surface area contributed by atoms with Crippen LogP contribution in [0.3, 0.4) is 0 Å². The molecule has 1 aromatic heterocycles. The highest BCUT2D eigenvalue weighted by Crippen LogP contribution is 2.30. The van der Waals surface area contributed by atoms with Gasteiger partial charge in [0.15, 0.2) is 11.5 Å². The molecule has 0 aliphatic carbocycles. The molecule has 1 aliphatic rings. The molecule has 29 heavy (non-hydrogen) atoms. The Morgan fingerprint density at radius 3 is 2.66 bits per heavy atom. The van der Waals surface area contributed by atoms with E-state index < -0.39 is 5.91 Å². The molecule has 3 N–H and O–H groups in total. The minimum Gasteiger partial charge on any atom is -0.493 e. The largest absolute Gasteiger partial charge is 0.493 e. The lowest BCUT2D eigenvalue weighted by Gasteiger charge is -2.36. The fourth-order valence-corrected chi connectivity index (χ4v) is 3.56. The first kappa shape index (κ1) is 20.9. The molecule has 0 radical (unpaired) electrons. The number of nitrogens with one attached hydrogen (secondary N) is 1. The number of anilines is 1. The monoisotopic (exact) mass is 398 g/mol. The molecule has 2 aromatic rings. The normalized spacial score (nSPS) is 14.4. The van der Waals surface area contributed by atoms with Crippen molar-refractivity contribution >= 4 is 11.7 Å². The van der Waals surface area contributed by atoms with E-state index in [-0.39, 0.29) is 0 Å². The van der Waals surface area contributed by atoms with Crippen LogP contribution in [0.15, 0.2) is 36.5 Å². The second-order valence-corrected chi connectivity index (χ2v) is 7.21. The summed E-state index contributed by atoms with van der Waals surface area (Å²) < 4.78 is 11.3. The standard InChI is InChI=1S/C22H30N4O3/c1-3-12-29-20-13-16(4-6-19(20)28-2)15-26(18-8-10-24-11-9-18)21-7-5-17(14-25-21)22(23)27/h4-7,13-14,18,24H,3,8-12,15H2,1-2H3,(H2,23,27). The van der Waals surface area contributed by atoms with Crippen LogP contribution in [-0.2, 0) is 6.54 Å². The Morgan fingerprint density at radius 1 is 1.24 bits per heavy atom. The maximum atomic E-state index is 11.4. The van der Waals surface area contributed by atoms with E-state index in [0.29, 0.717) is 24.8 Å². The van der Waals surface area contributed by atoms with E-state index in [0.717, 1.165) is 55.2 Å². The van der Waals surface area contributed by atoms with Gasteiger partial charge in [0.1, 0.15) is 5.82 Å². The lowest BCUT2D eigenvalue weighted by Crippen LogP contribution is -2.43. The van der Waals surface area contributed by atoms with Gasteiger partial charge >= 0.3 is 0 Å². The summed E-state index contributed by atoms with van der Waals surface area (Å²) in [5, 5.41) is 3.41. The first-order valence-corrected chi connectivity index (χ1v) is 10.1. The smallest absolute Gasteiger partial charge is 0.250 e. The van der Waals surface area contributed by atoms with Crippen molar-refractivity contribution in [1.29, 1.82) is 0 Å². The van der Waals surface area contributed by atoms with Gasteiger partial charge in [-0.2, -0.15) is 0 Å². The zero-order chi connectivity index (χ0) is 20.6. The number of nitrogens with zero attached hydrogens (tertiary/aromatic N) is 2. The summed E-state index contributed by atoms with van der Waals surface area (Å²) >= 11 is 0. The van der Waals surface area contributed by atoms with Gasteiger partial charge in [0.05, 0.1) is 19.3 Å². The lowest BCUT2D eigenvalue weighted by molar-refractivity contribution is 0.1000. The third-order valence-electron chi connectivity index (χ3n) is 5.12. The van der Waals surface area contributed by atoms with E-state index in [1.165, 1.54) is 0 Å². The number of piperidine rings is 1. The SMILES string of the molecule is CCCOc1cc(CN(c2ccc(C(N)=O)cn2)C2CCNCC2)ccc1OC. The molecule has 1 aliphatic heterocycles. The number of benzene rings is 1. The Hall–Kier alpha value is -2.80. The molecule has 0 spiro atoms. The van der Waals surface area contributed by atoms with Gasteiger partial charge in [-0.25, -0.2) is 4.98 Å². The zero-order valence-corrected chi connectivity index (χ0v) is 17.2. The highest BCUT2D eigenvalue weighted by molar-refractivity contribution is 5.92. The van der Waals surface area contributed by atoms with Gasteiger partial charge in [-0.05, 0) is 62.2 Å². The minimum absolute atomic E-state index is 0.366. The number of rotatable bonds is 9. The van der Waals surface area contributed by atoms with E-state index in [2.05, 4.69) is 28.2 Å². The van der Waals surface area contributed by atoms with Gasteiger partial charge in [0.2, 0.25) is 5.91 Å². The van der Waals surface area contributed by atoms with Gasteiger partial charge in [0.25, 0.3) is 0 Å². The van der Waals surface area contributed by atoms with Gasteiger partial charge in [-0.3, -0.25) is 4.79 Å². The summed E-state index contributed by atoms with van der Waals surface area (Å²) in [5.41, 5.74) is 6.90. The molecule has 1 fully saturated rings. The van der Waals surface area contributed by atoms with Crippen LogP contribution in [0.4, 0.5) is 5.82 Å². The van der Waals surface area contributed by atoms with Crippen molar-refractivity contribution in [2.75, 3.05) is 31.7 Å². The predicted octanol–water partition coefficient (Wildman–Crippen LogP) is 2.74. The topological polar surface area (TPSA) is 89.7 Å². The average Bonchev–Trinajstić information content (AvgIpc) is 2.76. The predicted molar refractivity (Wildman–Crippen MR) is 114 cm³/mol. The van der Waals surface area contributed by atoms with Gasteiger partial charge in [-0.1, -0.05) is 13.0 Å². The fourth-order valence-electron chi connectivity index (χ4n) is 3.56. The molecule has 1 aromatic carbocycles. The van der Waals surface area contributed by atoms with Crippen molar-refractivity contribution in [3.63, 3.8) is 0 Å². The second-order valence-electron chi connectivity index (χ2n) is 7.21. The Kier molecular flexibility index (Phi) is 7.30. The van der Waals surface area contributed by atoms with Crippen LogP contribution in [-0.4, -0.2) is 43.7 Å². The van der Waals surface area contributed by atoms with Crippen molar-refractivity contribution in [1.82, 2.24) is 10.3 Å². The summed E-state index contributed by atoms with van der Waals surface area (Å²) in [4.78, 5) is 18.2. The van der Waals surface area contributed by atoms with Crippen molar-refractivity contribution in [3.05, 3.63) is 47.7 Å². The van der Waals surface area contributed by atoms with Crippen molar-refractivity contribution in [2.45, 2.75) is 38.8 Å². The van der Waals surface area contributed by atoms with Crippen LogP contribution in [0.2, 0.25) is 0 Å². The third kappa shape index (κ3) is 5.38. The van der Waals surface area contributed by atoms with E-state index in [1.807, 2.05) is 18.2 Å². The molecule has 156 valence electrons. The highest BCUT2D eigenvalue weighted by Gasteiger charge is 2.23. The Balaban J connectivity index is 1.87. The molecule has 0 atom stereocenters. The number of carbonyl (C=O) groups excluding carboxylic acids is 1. The Morgan fingerprint density at radius 2 is 2.03 bits per heavy atom. The highest BCUT2D eigenvalue weighted by atomic mass is 16.5. The average molecular weight is 399 g/mol. The van der Waals surface area contributed by atoms with Crippen LogP contribution in [0.5, 0.6) is 11.5 Å². The van der Waals surface area contributed by atoms with Crippen LogP contribution in [0.1, 0.15) is 42.1 Å². The number of methoxy groups -OCH3 is 1. The van der Waals surface area contributed by atoms with Gasteiger partial charge < -0.3 is 25.4 Å². The number of amides is 1. The van der Waals surface area contributed by atoms with E-state index in [1.54, 1.807) is 19.4 Å². The molecule has 0 saturated carbocycles. The van der Waals surface area contributed by atoms with Crippen LogP contribution < -0.4 is 25.4 Å². The number of nitrogens with two attached hydrogens (primary N) is 1. The Bertz CT molecular complexity index is 804. The van der Waals surface area contributed by atoms with E-state index in [9.17, 15) is 4.79 Å². The third-order valence-corrected chi connectivity index (χ3v) is 5.12. The number of hydrogen-bond donors (Lipinski definition) is 2. The van der Waals surface area contributed by atoms with Crippen molar-refractivity contribution in [2.24, 2.45) is 5.73 Å². The van der Waals surface area contributed by atoms with Crippen LogP contribution in [0.25, 0.3) is 0 Å². The van der Waals surface area contributed by atoms with Crippen molar-refractivity contribution < 1.29 is 14.3 Å². The maximum Gasteiger partial charge on any atom is 0.250 e. The fraction of sp³-hybridized carbons (Fsp3) is 0.455. The molecular weight excluding hydrogens is 368 g/mol. The van der Waals surface area contributed by atoms with Gasteiger partial charge in [-0.15, -0.1) is 0 Å². The molecule has 0 unspecified atom stereocenters. The first-order valence-electron chi connectivity index (χ1n) is 10.1. The summed E-state index contributed by atoms with van der Waals surface area (Å²) in [6.07, 6.45) is 4.56. The quantitative estimate of drug-likeness (QED) is 0.675. The van der Waals surface area contributed by atoms with Crippen molar-refractivity contribution in [3.8, 4) is 11.5 Å².